The van der Waals surface area contributed by atoms with Crippen LogP contribution in [0.2, 0.25) is 0 Å². The molecule has 3 aromatic carbocycles. The van der Waals surface area contributed by atoms with E-state index in [0.717, 1.165) is 42.6 Å². The Kier molecular flexibility index (Phi) is 4.76. The summed E-state index contributed by atoms with van der Waals surface area (Å²) in [6, 6.07) is 18.4. The van der Waals surface area contributed by atoms with E-state index < -0.39 is 9.84 Å². The van der Waals surface area contributed by atoms with Crippen molar-refractivity contribution in [2.45, 2.75) is 9.79 Å². The zero-order chi connectivity index (χ0) is 18.9. The summed E-state index contributed by atoms with van der Waals surface area (Å²) < 4.78 is 26.9. The lowest BCUT2D eigenvalue weighted by Gasteiger charge is -2.31. The largest absolute Gasteiger partial charge is 0.387 e. The first-order valence-electron chi connectivity index (χ1n) is 9.12. The second-order valence-electron chi connectivity index (χ2n) is 6.62. The lowest BCUT2D eigenvalue weighted by atomic mass is 10.1. The molecular weight excluding hydrogens is 358 g/mol. The highest BCUT2D eigenvalue weighted by atomic mass is 32.2. The number of nitrogens with zero attached hydrogens (tertiary/aromatic N) is 1. The van der Waals surface area contributed by atoms with Crippen molar-refractivity contribution in [3.05, 3.63) is 60.7 Å². The maximum Gasteiger partial charge on any atom is 0.209 e. The van der Waals surface area contributed by atoms with Gasteiger partial charge in [-0.15, -0.1) is 0 Å². The van der Waals surface area contributed by atoms with Crippen LogP contribution in [0, 0.1) is 0 Å². The molecular formula is C21H23N3O2S. The van der Waals surface area contributed by atoms with Gasteiger partial charge in [-0.05, 0) is 18.2 Å². The van der Waals surface area contributed by atoms with Crippen LogP contribution in [0.3, 0.4) is 0 Å². The van der Waals surface area contributed by atoms with E-state index in [9.17, 15) is 8.42 Å². The molecule has 4 rings (SSSR count). The van der Waals surface area contributed by atoms with Gasteiger partial charge in [0.25, 0.3) is 0 Å². The average molecular weight is 382 g/mol. The Hall–Kier alpha value is -2.57. The fraction of sp³-hybridized carbons (Fsp3) is 0.238. The number of rotatable bonds is 4. The van der Waals surface area contributed by atoms with Crippen LogP contribution in [-0.4, -0.2) is 41.6 Å². The molecule has 0 spiro atoms. The minimum atomic E-state index is -3.65. The summed E-state index contributed by atoms with van der Waals surface area (Å²) in [5.41, 5.74) is 1.70. The summed E-state index contributed by atoms with van der Waals surface area (Å²) in [6.45, 7) is 3.65. The Morgan fingerprint density at radius 2 is 1.56 bits per heavy atom. The van der Waals surface area contributed by atoms with Gasteiger partial charge in [0.2, 0.25) is 9.84 Å². The van der Waals surface area contributed by atoms with E-state index in [4.69, 9.17) is 0 Å². The molecule has 27 heavy (non-hydrogen) atoms. The third-order valence-corrected chi connectivity index (χ3v) is 6.89. The molecule has 0 saturated carbocycles. The predicted molar refractivity (Wildman–Crippen MR) is 110 cm³/mol. The number of fused-ring (bicyclic) bond motifs is 1. The van der Waals surface area contributed by atoms with Gasteiger partial charge in [-0.3, -0.25) is 0 Å². The van der Waals surface area contributed by atoms with E-state index in [0.29, 0.717) is 15.5 Å². The third kappa shape index (κ3) is 3.15. The highest BCUT2D eigenvalue weighted by Gasteiger charge is 2.26. The van der Waals surface area contributed by atoms with E-state index in [1.54, 1.807) is 31.3 Å². The Morgan fingerprint density at radius 3 is 2.22 bits per heavy atom. The van der Waals surface area contributed by atoms with Crippen LogP contribution in [0.4, 0.5) is 11.4 Å². The van der Waals surface area contributed by atoms with Gasteiger partial charge in [-0.1, -0.05) is 42.5 Å². The molecule has 1 saturated heterocycles. The van der Waals surface area contributed by atoms with Crippen molar-refractivity contribution in [1.82, 2.24) is 5.32 Å². The topological polar surface area (TPSA) is 61.4 Å². The number of hydrogen-bond acceptors (Lipinski definition) is 5. The third-order valence-electron chi connectivity index (χ3n) is 5.02. The van der Waals surface area contributed by atoms with Crippen LogP contribution >= 0.6 is 0 Å². The first kappa shape index (κ1) is 17.8. The van der Waals surface area contributed by atoms with Gasteiger partial charge in [-0.2, -0.15) is 0 Å². The van der Waals surface area contributed by atoms with Crippen molar-refractivity contribution in [3.8, 4) is 0 Å². The molecule has 0 atom stereocenters. The van der Waals surface area contributed by atoms with Crippen molar-refractivity contribution in [2.75, 3.05) is 43.4 Å². The summed E-state index contributed by atoms with van der Waals surface area (Å²) in [4.78, 5) is 2.96. The first-order valence-corrected chi connectivity index (χ1v) is 10.6. The standard InChI is InChI=1S/C21H23N3O2S/c1-22-19-15-20(24-13-11-23-12-14-24)17-9-5-6-10-18(17)21(19)27(25,26)16-7-3-2-4-8-16/h2-10,15,22-23H,11-14H2,1H3. The molecule has 140 valence electrons. The quantitative estimate of drug-likeness (QED) is 0.727. The highest BCUT2D eigenvalue weighted by Crippen LogP contribution is 2.40. The molecule has 0 aromatic heterocycles. The van der Waals surface area contributed by atoms with E-state index in [-0.39, 0.29) is 0 Å². The predicted octanol–water partition coefficient (Wildman–Crippen LogP) is 3.12. The molecule has 0 bridgehead atoms. The molecule has 1 heterocycles. The molecule has 2 N–H and O–H groups in total. The summed E-state index contributed by atoms with van der Waals surface area (Å²) in [7, 11) is -1.88. The average Bonchev–Trinajstić information content (AvgIpc) is 2.73. The van der Waals surface area contributed by atoms with Gasteiger partial charge in [0.1, 0.15) is 4.90 Å². The molecule has 0 amide bonds. The normalized spacial score (nSPS) is 15.1. The number of sulfone groups is 1. The number of piperazine rings is 1. The van der Waals surface area contributed by atoms with Crippen LogP contribution in [0.1, 0.15) is 0 Å². The van der Waals surface area contributed by atoms with Gasteiger partial charge in [0.15, 0.2) is 0 Å². The van der Waals surface area contributed by atoms with Gasteiger partial charge in [-0.25, -0.2) is 8.42 Å². The van der Waals surface area contributed by atoms with Gasteiger partial charge in [0.05, 0.1) is 10.6 Å². The fourth-order valence-corrected chi connectivity index (χ4v) is 5.36. The van der Waals surface area contributed by atoms with Crippen molar-refractivity contribution < 1.29 is 8.42 Å². The molecule has 0 aliphatic carbocycles. The first-order chi connectivity index (χ1) is 13.1. The van der Waals surface area contributed by atoms with Crippen LogP contribution in [0.25, 0.3) is 10.8 Å². The number of nitrogens with one attached hydrogen (secondary N) is 2. The Labute approximate surface area is 159 Å². The molecule has 0 radical (unpaired) electrons. The highest BCUT2D eigenvalue weighted by molar-refractivity contribution is 7.92. The monoisotopic (exact) mass is 381 g/mol. The van der Waals surface area contributed by atoms with E-state index in [1.807, 2.05) is 36.4 Å². The van der Waals surface area contributed by atoms with Crippen LogP contribution in [0.5, 0.6) is 0 Å². The summed E-state index contributed by atoms with van der Waals surface area (Å²) >= 11 is 0. The van der Waals surface area contributed by atoms with Crippen molar-refractivity contribution in [1.29, 1.82) is 0 Å². The molecule has 6 heteroatoms. The minimum Gasteiger partial charge on any atom is -0.387 e. The number of hydrogen-bond donors (Lipinski definition) is 2. The molecule has 1 fully saturated rings. The lowest BCUT2D eigenvalue weighted by molar-refractivity contribution is 0.590. The fourth-order valence-electron chi connectivity index (χ4n) is 3.69. The zero-order valence-electron chi connectivity index (χ0n) is 15.3. The second kappa shape index (κ2) is 7.21. The second-order valence-corrected chi connectivity index (χ2v) is 8.51. The molecule has 1 aliphatic rings. The van der Waals surface area contributed by atoms with Crippen LogP contribution < -0.4 is 15.5 Å². The number of benzene rings is 3. The maximum absolute atomic E-state index is 13.5. The number of anilines is 2. The Balaban J connectivity index is 1.99. The Morgan fingerprint density at radius 1 is 0.926 bits per heavy atom. The van der Waals surface area contributed by atoms with Gasteiger partial charge in [0, 0.05) is 49.7 Å². The molecule has 5 nitrogen and oxygen atoms in total. The van der Waals surface area contributed by atoms with E-state index in [2.05, 4.69) is 15.5 Å². The summed E-state index contributed by atoms with van der Waals surface area (Å²) in [5.74, 6) is 0. The lowest BCUT2D eigenvalue weighted by Crippen LogP contribution is -2.43. The van der Waals surface area contributed by atoms with Crippen LogP contribution in [0.15, 0.2) is 70.5 Å². The van der Waals surface area contributed by atoms with Crippen molar-refractivity contribution in [2.24, 2.45) is 0 Å². The molecule has 0 unspecified atom stereocenters. The SMILES string of the molecule is CNc1cc(N2CCNCC2)c2ccccc2c1S(=O)(=O)c1ccccc1. The van der Waals surface area contributed by atoms with Crippen molar-refractivity contribution >= 4 is 32.0 Å². The summed E-state index contributed by atoms with van der Waals surface area (Å²) in [6.07, 6.45) is 0. The zero-order valence-corrected chi connectivity index (χ0v) is 16.1. The van der Waals surface area contributed by atoms with Gasteiger partial charge < -0.3 is 15.5 Å². The molecule has 3 aromatic rings. The van der Waals surface area contributed by atoms with Crippen molar-refractivity contribution in [3.63, 3.8) is 0 Å². The van der Waals surface area contributed by atoms with E-state index in [1.165, 1.54) is 0 Å². The maximum atomic E-state index is 13.5. The van der Waals surface area contributed by atoms with Crippen LogP contribution in [-0.2, 0) is 9.84 Å². The molecule has 1 aliphatic heterocycles. The van der Waals surface area contributed by atoms with E-state index >= 15 is 0 Å². The minimum absolute atomic E-state index is 0.307. The van der Waals surface area contributed by atoms with Gasteiger partial charge >= 0.3 is 0 Å². The Bertz CT molecular complexity index is 1060. The summed E-state index contributed by atoms with van der Waals surface area (Å²) in [5, 5.41) is 8.20. The smallest absolute Gasteiger partial charge is 0.209 e.